The maximum Gasteiger partial charge on any atom is 0.256 e. The number of carbonyl (C=O) groups is 2. The third-order valence-corrected chi connectivity index (χ3v) is 5.43. The molecular formula is C24H24N2O3S. The van der Waals surface area contributed by atoms with Gasteiger partial charge in [-0.1, -0.05) is 54.6 Å². The monoisotopic (exact) mass is 420 g/mol. The molecule has 0 aliphatic heterocycles. The van der Waals surface area contributed by atoms with Crippen molar-refractivity contribution in [1.82, 2.24) is 5.32 Å². The second-order valence-corrected chi connectivity index (χ2v) is 7.64. The number of hydrogen-bond donors (Lipinski definition) is 2. The molecule has 2 amide bonds. The van der Waals surface area contributed by atoms with Gasteiger partial charge in [-0.3, -0.25) is 9.59 Å². The third-order valence-electron chi connectivity index (χ3n) is 4.39. The van der Waals surface area contributed by atoms with Crippen LogP contribution in [0.2, 0.25) is 0 Å². The average Bonchev–Trinajstić information content (AvgIpc) is 2.79. The molecule has 0 unspecified atom stereocenters. The van der Waals surface area contributed by atoms with Crippen molar-refractivity contribution in [2.24, 2.45) is 0 Å². The number of anilines is 1. The molecule has 3 aromatic rings. The van der Waals surface area contributed by atoms with Crippen molar-refractivity contribution in [2.45, 2.75) is 11.4 Å². The topological polar surface area (TPSA) is 67.4 Å². The first kappa shape index (κ1) is 21.6. The highest BCUT2D eigenvalue weighted by atomic mass is 32.2. The van der Waals surface area contributed by atoms with Crippen LogP contribution in [0.25, 0.3) is 0 Å². The van der Waals surface area contributed by atoms with E-state index in [1.807, 2.05) is 48.5 Å². The molecular weight excluding hydrogens is 396 g/mol. The van der Waals surface area contributed by atoms with Crippen LogP contribution in [0.3, 0.4) is 0 Å². The Labute approximate surface area is 180 Å². The van der Waals surface area contributed by atoms with E-state index in [1.54, 1.807) is 49.2 Å². The van der Waals surface area contributed by atoms with Gasteiger partial charge < -0.3 is 15.4 Å². The molecule has 2 N–H and O–H groups in total. The number of para-hydroxylation sites is 1. The summed E-state index contributed by atoms with van der Waals surface area (Å²) < 4.78 is 5.09. The van der Waals surface area contributed by atoms with Gasteiger partial charge in [-0.15, -0.1) is 11.8 Å². The van der Waals surface area contributed by atoms with Crippen molar-refractivity contribution < 1.29 is 14.3 Å². The van der Waals surface area contributed by atoms with E-state index in [9.17, 15) is 9.59 Å². The molecule has 3 rings (SSSR count). The van der Waals surface area contributed by atoms with E-state index in [-0.39, 0.29) is 11.8 Å². The zero-order valence-corrected chi connectivity index (χ0v) is 17.6. The number of thioether (sulfide) groups is 1. The van der Waals surface area contributed by atoms with Gasteiger partial charge in [-0.2, -0.15) is 0 Å². The van der Waals surface area contributed by atoms with Crippen LogP contribution >= 0.6 is 11.8 Å². The summed E-state index contributed by atoms with van der Waals surface area (Å²) in [5.74, 6) is 0.260. The molecule has 0 atom stereocenters. The fourth-order valence-corrected chi connectivity index (χ4v) is 3.83. The first-order chi connectivity index (χ1) is 14.7. The summed E-state index contributed by atoms with van der Waals surface area (Å²) >= 11 is 1.56. The summed E-state index contributed by atoms with van der Waals surface area (Å²) in [5.41, 5.74) is 2.48. The first-order valence-corrected chi connectivity index (χ1v) is 10.6. The van der Waals surface area contributed by atoms with Gasteiger partial charge in [-0.05, 0) is 29.8 Å². The Morgan fingerprint density at radius 1 is 0.833 bits per heavy atom. The number of amides is 2. The van der Waals surface area contributed by atoms with Gasteiger partial charge in [0.2, 0.25) is 0 Å². The third kappa shape index (κ3) is 5.95. The number of ether oxygens (including phenoxy) is 1. The SMILES string of the molecule is COCCSc1ccccc1C(=O)Nc1ccccc1C(=O)NCc1ccccc1. The fraction of sp³-hybridized carbons (Fsp3) is 0.167. The number of benzene rings is 3. The quantitative estimate of drug-likeness (QED) is 0.392. The molecule has 0 aliphatic rings. The Morgan fingerprint density at radius 3 is 2.27 bits per heavy atom. The van der Waals surface area contributed by atoms with E-state index >= 15 is 0 Å². The number of rotatable bonds is 9. The van der Waals surface area contributed by atoms with Gasteiger partial charge in [-0.25, -0.2) is 0 Å². The fourth-order valence-electron chi connectivity index (χ4n) is 2.87. The van der Waals surface area contributed by atoms with Crippen molar-refractivity contribution in [3.05, 3.63) is 95.6 Å². The highest BCUT2D eigenvalue weighted by Crippen LogP contribution is 2.24. The molecule has 0 aromatic heterocycles. The smallest absolute Gasteiger partial charge is 0.256 e. The molecule has 0 spiro atoms. The largest absolute Gasteiger partial charge is 0.384 e. The molecule has 30 heavy (non-hydrogen) atoms. The lowest BCUT2D eigenvalue weighted by atomic mass is 10.1. The van der Waals surface area contributed by atoms with E-state index in [4.69, 9.17) is 4.74 Å². The van der Waals surface area contributed by atoms with E-state index in [1.165, 1.54) is 0 Å². The Bertz CT molecular complexity index is 993. The number of methoxy groups -OCH3 is 1. The molecule has 3 aromatic carbocycles. The standard InChI is InChI=1S/C24H24N2O3S/c1-29-15-16-30-22-14-8-6-12-20(22)24(28)26-21-13-7-5-11-19(21)23(27)25-17-18-9-3-2-4-10-18/h2-14H,15-17H2,1H3,(H,25,27)(H,26,28). The van der Waals surface area contributed by atoms with E-state index in [2.05, 4.69) is 10.6 Å². The van der Waals surface area contributed by atoms with Gasteiger partial charge in [0.05, 0.1) is 23.4 Å². The van der Waals surface area contributed by atoms with Crippen LogP contribution in [-0.4, -0.2) is 31.3 Å². The van der Waals surface area contributed by atoms with Crippen molar-refractivity contribution in [2.75, 3.05) is 24.8 Å². The van der Waals surface area contributed by atoms with Gasteiger partial charge in [0, 0.05) is 24.3 Å². The van der Waals surface area contributed by atoms with Crippen molar-refractivity contribution in [1.29, 1.82) is 0 Å². The lowest BCUT2D eigenvalue weighted by Gasteiger charge is -2.13. The van der Waals surface area contributed by atoms with Crippen LogP contribution in [0, 0.1) is 0 Å². The van der Waals surface area contributed by atoms with Crippen LogP contribution in [-0.2, 0) is 11.3 Å². The molecule has 0 fully saturated rings. The highest BCUT2D eigenvalue weighted by Gasteiger charge is 2.16. The number of carbonyl (C=O) groups excluding carboxylic acids is 2. The molecule has 0 bridgehead atoms. The zero-order valence-electron chi connectivity index (χ0n) is 16.8. The highest BCUT2D eigenvalue weighted by molar-refractivity contribution is 7.99. The molecule has 0 radical (unpaired) electrons. The Balaban J connectivity index is 1.72. The van der Waals surface area contributed by atoms with Crippen molar-refractivity contribution in [3.63, 3.8) is 0 Å². The zero-order chi connectivity index (χ0) is 21.2. The van der Waals surface area contributed by atoms with Crippen LogP contribution < -0.4 is 10.6 Å². The van der Waals surface area contributed by atoms with E-state index in [0.29, 0.717) is 30.0 Å². The second-order valence-electron chi connectivity index (χ2n) is 6.51. The molecule has 0 saturated heterocycles. The van der Waals surface area contributed by atoms with Crippen molar-refractivity contribution >= 4 is 29.3 Å². The van der Waals surface area contributed by atoms with Gasteiger partial charge >= 0.3 is 0 Å². The first-order valence-electron chi connectivity index (χ1n) is 9.62. The Hall–Kier alpha value is -3.09. The lowest BCUT2D eigenvalue weighted by Crippen LogP contribution is -2.25. The summed E-state index contributed by atoms with van der Waals surface area (Å²) in [5, 5.41) is 5.80. The minimum absolute atomic E-state index is 0.238. The van der Waals surface area contributed by atoms with E-state index in [0.717, 1.165) is 16.2 Å². The molecule has 154 valence electrons. The molecule has 0 aliphatic carbocycles. The maximum atomic E-state index is 12.9. The van der Waals surface area contributed by atoms with Crippen LogP contribution in [0.4, 0.5) is 5.69 Å². The predicted octanol–water partition coefficient (Wildman–Crippen LogP) is 4.61. The van der Waals surface area contributed by atoms with Gasteiger partial charge in [0.25, 0.3) is 11.8 Å². The summed E-state index contributed by atoms with van der Waals surface area (Å²) in [6, 6.07) is 24.1. The average molecular weight is 421 g/mol. The van der Waals surface area contributed by atoms with Crippen LogP contribution in [0.15, 0.2) is 83.8 Å². The molecule has 0 heterocycles. The normalized spacial score (nSPS) is 10.4. The van der Waals surface area contributed by atoms with Crippen molar-refractivity contribution in [3.8, 4) is 0 Å². The number of nitrogens with one attached hydrogen (secondary N) is 2. The minimum Gasteiger partial charge on any atom is -0.384 e. The summed E-state index contributed by atoms with van der Waals surface area (Å²) in [6.45, 7) is 1.02. The predicted molar refractivity (Wildman–Crippen MR) is 121 cm³/mol. The minimum atomic E-state index is -0.251. The molecule has 0 saturated carbocycles. The van der Waals surface area contributed by atoms with Gasteiger partial charge in [0.1, 0.15) is 0 Å². The van der Waals surface area contributed by atoms with E-state index < -0.39 is 0 Å². The molecule has 6 heteroatoms. The second kappa shape index (κ2) is 11.2. The number of hydrogen-bond acceptors (Lipinski definition) is 4. The van der Waals surface area contributed by atoms with Gasteiger partial charge in [0.15, 0.2) is 0 Å². The van der Waals surface area contributed by atoms with Crippen LogP contribution in [0.1, 0.15) is 26.3 Å². The summed E-state index contributed by atoms with van der Waals surface area (Å²) in [6.07, 6.45) is 0. The van der Waals surface area contributed by atoms with Crippen LogP contribution in [0.5, 0.6) is 0 Å². The maximum absolute atomic E-state index is 12.9. The Morgan fingerprint density at radius 2 is 1.50 bits per heavy atom. The summed E-state index contributed by atoms with van der Waals surface area (Å²) in [4.78, 5) is 26.5. The molecule has 5 nitrogen and oxygen atoms in total. The summed E-state index contributed by atoms with van der Waals surface area (Å²) in [7, 11) is 1.65. The lowest BCUT2D eigenvalue weighted by molar-refractivity contribution is 0.0952. The Kier molecular flexibility index (Phi) is 8.06.